The second kappa shape index (κ2) is 7.31. The highest BCUT2D eigenvalue weighted by Crippen LogP contribution is 2.35. The zero-order chi connectivity index (χ0) is 14.4. The van der Waals surface area contributed by atoms with E-state index in [9.17, 15) is 0 Å². The summed E-state index contributed by atoms with van der Waals surface area (Å²) in [5, 5.41) is 7.83. The van der Waals surface area contributed by atoms with Crippen LogP contribution in [0.4, 0.5) is 0 Å². The molecule has 0 aliphatic heterocycles. The maximum atomic E-state index is 5.52. The van der Waals surface area contributed by atoms with Gasteiger partial charge in [0.1, 0.15) is 11.5 Å². The Hall–Kier alpha value is -1.52. The molecule has 1 atom stereocenters. The van der Waals surface area contributed by atoms with Crippen LogP contribution in [0.25, 0.3) is 0 Å². The third-order valence-corrected chi connectivity index (χ3v) is 4.02. The highest BCUT2D eigenvalue weighted by molar-refractivity contribution is 7.07. The summed E-state index contributed by atoms with van der Waals surface area (Å²) >= 11 is 1.72. The first-order valence-electron chi connectivity index (χ1n) is 6.75. The Morgan fingerprint density at radius 1 is 1.15 bits per heavy atom. The van der Waals surface area contributed by atoms with Gasteiger partial charge >= 0.3 is 0 Å². The van der Waals surface area contributed by atoms with Crippen molar-refractivity contribution in [2.45, 2.75) is 19.4 Å². The summed E-state index contributed by atoms with van der Waals surface area (Å²) in [7, 11) is 3.40. The van der Waals surface area contributed by atoms with Crippen LogP contribution in [0.1, 0.15) is 24.1 Å². The van der Waals surface area contributed by atoms with Crippen LogP contribution < -0.4 is 14.8 Å². The first kappa shape index (κ1) is 14.9. The Morgan fingerprint density at radius 3 is 2.35 bits per heavy atom. The molecule has 1 aromatic heterocycles. The van der Waals surface area contributed by atoms with Crippen molar-refractivity contribution in [2.75, 3.05) is 20.8 Å². The summed E-state index contributed by atoms with van der Waals surface area (Å²) in [6.45, 7) is 3.01. The third-order valence-electron chi connectivity index (χ3n) is 3.28. The van der Waals surface area contributed by atoms with Gasteiger partial charge in [0, 0.05) is 6.04 Å². The van der Waals surface area contributed by atoms with Gasteiger partial charge in [0.25, 0.3) is 0 Å². The van der Waals surface area contributed by atoms with E-state index in [1.54, 1.807) is 25.6 Å². The first-order chi connectivity index (χ1) is 9.80. The topological polar surface area (TPSA) is 30.5 Å². The van der Waals surface area contributed by atoms with E-state index >= 15 is 0 Å². The van der Waals surface area contributed by atoms with E-state index in [-0.39, 0.29) is 6.04 Å². The average Bonchev–Trinajstić information content (AvgIpc) is 2.99. The van der Waals surface area contributed by atoms with Gasteiger partial charge in [0.2, 0.25) is 0 Å². The lowest BCUT2D eigenvalue weighted by atomic mass is 9.98. The van der Waals surface area contributed by atoms with Crippen LogP contribution in [0.3, 0.4) is 0 Å². The second-order valence-corrected chi connectivity index (χ2v) is 5.30. The van der Waals surface area contributed by atoms with E-state index in [0.717, 1.165) is 30.0 Å². The van der Waals surface area contributed by atoms with E-state index in [0.29, 0.717) is 0 Å². The van der Waals surface area contributed by atoms with Crippen LogP contribution in [0, 0.1) is 0 Å². The molecule has 0 amide bonds. The maximum absolute atomic E-state index is 5.52. The number of ether oxygens (including phenoxy) is 2. The van der Waals surface area contributed by atoms with Gasteiger partial charge in [-0.15, -0.1) is 0 Å². The molecule has 3 nitrogen and oxygen atoms in total. The minimum absolute atomic E-state index is 0.181. The smallest absolute Gasteiger partial charge is 0.127 e. The molecular formula is C16H21NO2S. The van der Waals surface area contributed by atoms with E-state index in [1.807, 2.05) is 18.2 Å². The Kier molecular flexibility index (Phi) is 5.44. The van der Waals surface area contributed by atoms with Gasteiger partial charge in [-0.2, -0.15) is 11.3 Å². The van der Waals surface area contributed by atoms with Gasteiger partial charge in [0.15, 0.2) is 0 Å². The molecule has 1 N–H and O–H groups in total. The number of hydrogen-bond acceptors (Lipinski definition) is 4. The van der Waals surface area contributed by atoms with Crippen LogP contribution in [0.2, 0.25) is 0 Å². The van der Waals surface area contributed by atoms with Crippen molar-refractivity contribution in [1.29, 1.82) is 0 Å². The lowest BCUT2D eigenvalue weighted by Crippen LogP contribution is -2.24. The summed E-state index contributed by atoms with van der Waals surface area (Å²) in [5.74, 6) is 1.73. The number of thiophene rings is 1. The van der Waals surface area contributed by atoms with E-state index in [4.69, 9.17) is 9.47 Å². The fourth-order valence-electron chi connectivity index (χ4n) is 2.39. The van der Waals surface area contributed by atoms with Crippen molar-refractivity contribution < 1.29 is 9.47 Å². The molecule has 0 spiro atoms. The summed E-state index contributed by atoms with van der Waals surface area (Å²) in [4.78, 5) is 0. The molecule has 1 aromatic carbocycles. The predicted octanol–water partition coefficient (Wildman–Crippen LogP) is 3.66. The molecule has 0 bridgehead atoms. The van der Waals surface area contributed by atoms with E-state index in [2.05, 4.69) is 29.1 Å². The van der Waals surface area contributed by atoms with Crippen LogP contribution >= 0.6 is 11.3 Å². The third kappa shape index (κ3) is 3.32. The van der Waals surface area contributed by atoms with E-state index < -0.39 is 0 Å². The Labute approximate surface area is 124 Å². The number of benzene rings is 1. The highest BCUT2D eigenvalue weighted by atomic mass is 32.1. The summed E-state index contributed by atoms with van der Waals surface area (Å²) in [5.41, 5.74) is 2.42. The molecule has 20 heavy (non-hydrogen) atoms. The number of hydrogen-bond donors (Lipinski definition) is 1. The summed E-state index contributed by atoms with van der Waals surface area (Å²) < 4.78 is 11.0. The van der Waals surface area contributed by atoms with Crippen molar-refractivity contribution in [2.24, 2.45) is 0 Å². The van der Waals surface area contributed by atoms with E-state index in [1.165, 1.54) is 5.56 Å². The first-order valence-corrected chi connectivity index (χ1v) is 7.69. The lowest BCUT2D eigenvalue weighted by molar-refractivity contribution is 0.370. The van der Waals surface area contributed by atoms with Crippen molar-refractivity contribution in [3.05, 3.63) is 46.2 Å². The Morgan fingerprint density at radius 2 is 1.85 bits per heavy atom. The molecule has 1 heterocycles. The molecule has 0 fully saturated rings. The Balaban J connectivity index is 2.37. The van der Waals surface area contributed by atoms with Crippen LogP contribution in [-0.4, -0.2) is 20.8 Å². The fourth-order valence-corrected chi connectivity index (χ4v) is 3.07. The predicted molar refractivity (Wildman–Crippen MR) is 84.0 cm³/mol. The highest BCUT2D eigenvalue weighted by Gasteiger charge is 2.20. The van der Waals surface area contributed by atoms with Gasteiger partial charge in [-0.1, -0.05) is 13.0 Å². The minimum atomic E-state index is 0.181. The normalized spacial score (nSPS) is 12.2. The molecule has 0 aliphatic carbocycles. The second-order valence-electron chi connectivity index (χ2n) is 4.52. The average molecular weight is 291 g/mol. The van der Waals surface area contributed by atoms with Gasteiger partial charge in [-0.3, -0.25) is 0 Å². The maximum Gasteiger partial charge on any atom is 0.127 e. The molecule has 0 saturated heterocycles. The quantitative estimate of drug-likeness (QED) is 0.844. The van der Waals surface area contributed by atoms with Gasteiger partial charge in [-0.05, 0) is 47.5 Å². The standard InChI is InChI=1S/C16H21NO2S/c1-4-17-13(10-12-8-9-20-11-12)16-14(18-2)6-5-7-15(16)19-3/h5-9,11,13,17H,4,10H2,1-3H3. The Bertz CT molecular complexity index is 503. The van der Waals surface area contributed by atoms with Crippen molar-refractivity contribution in [3.63, 3.8) is 0 Å². The molecule has 2 aromatic rings. The number of nitrogens with one attached hydrogen (secondary N) is 1. The molecule has 4 heteroatoms. The van der Waals surface area contributed by atoms with Gasteiger partial charge in [-0.25, -0.2) is 0 Å². The summed E-state index contributed by atoms with van der Waals surface area (Å²) in [6, 6.07) is 8.26. The molecule has 1 unspecified atom stereocenters. The van der Waals surface area contributed by atoms with Crippen LogP contribution in [0.5, 0.6) is 11.5 Å². The number of rotatable bonds is 7. The van der Waals surface area contributed by atoms with Crippen molar-refractivity contribution in [1.82, 2.24) is 5.32 Å². The zero-order valence-electron chi connectivity index (χ0n) is 12.2. The largest absolute Gasteiger partial charge is 0.496 e. The van der Waals surface area contributed by atoms with Crippen LogP contribution in [0.15, 0.2) is 35.0 Å². The SMILES string of the molecule is CCNC(Cc1ccsc1)c1c(OC)cccc1OC. The molecule has 0 saturated carbocycles. The molecule has 108 valence electrons. The molecule has 2 rings (SSSR count). The number of likely N-dealkylation sites (N-methyl/N-ethyl adjacent to an activating group) is 1. The lowest BCUT2D eigenvalue weighted by Gasteiger charge is -2.22. The van der Waals surface area contributed by atoms with Crippen LogP contribution in [-0.2, 0) is 6.42 Å². The monoisotopic (exact) mass is 291 g/mol. The molecular weight excluding hydrogens is 270 g/mol. The molecule has 0 radical (unpaired) electrons. The zero-order valence-corrected chi connectivity index (χ0v) is 13.0. The van der Waals surface area contributed by atoms with Gasteiger partial charge < -0.3 is 14.8 Å². The minimum Gasteiger partial charge on any atom is -0.496 e. The van der Waals surface area contributed by atoms with Crippen molar-refractivity contribution >= 4 is 11.3 Å². The fraction of sp³-hybridized carbons (Fsp3) is 0.375. The van der Waals surface area contributed by atoms with Gasteiger partial charge in [0.05, 0.1) is 19.8 Å². The molecule has 0 aliphatic rings. The van der Waals surface area contributed by atoms with Crippen molar-refractivity contribution in [3.8, 4) is 11.5 Å². The summed E-state index contributed by atoms with van der Waals surface area (Å²) in [6.07, 6.45) is 0.925. The number of methoxy groups -OCH3 is 2.